The number of amides is 1. The highest BCUT2D eigenvalue weighted by Gasteiger charge is 2.30. The normalized spacial score (nSPS) is 23.4. The van der Waals surface area contributed by atoms with Gasteiger partial charge >= 0.3 is 0 Å². The van der Waals surface area contributed by atoms with Gasteiger partial charge in [-0.3, -0.25) is 4.79 Å². The summed E-state index contributed by atoms with van der Waals surface area (Å²) in [4.78, 5) is 16.1. The predicted octanol–water partition coefficient (Wildman–Crippen LogP) is 3.00. The molecule has 0 radical (unpaired) electrons. The summed E-state index contributed by atoms with van der Waals surface area (Å²) in [5.41, 5.74) is 6.57. The lowest BCUT2D eigenvalue weighted by molar-refractivity contribution is 0.0904. The molecule has 4 heteroatoms. The van der Waals surface area contributed by atoms with E-state index in [0.29, 0.717) is 16.8 Å². The van der Waals surface area contributed by atoms with Gasteiger partial charge in [0.2, 0.25) is 0 Å². The van der Waals surface area contributed by atoms with E-state index in [0.717, 1.165) is 18.8 Å². The molecule has 1 aliphatic carbocycles. The van der Waals surface area contributed by atoms with E-state index >= 15 is 0 Å². The summed E-state index contributed by atoms with van der Waals surface area (Å²) in [5, 5.41) is 3.09. The minimum absolute atomic E-state index is 0.102. The summed E-state index contributed by atoms with van der Waals surface area (Å²) in [6.07, 6.45) is 6.05. The SMILES string of the molecule is CC(C)(C)C1CCC(NC(=O)c2cccnc2N)CC1. The van der Waals surface area contributed by atoms with Gasteiger partial charge in [0, 0.05) is 12.2 Å². The number of nitrogens with zero attached hydrogens (tertiary/aromatic N) is 1. The third-order valence-electron chi connectivity index (χ3n) is 4.37. The van der Waals surface area contributed by atoms with Gasteiger partial charge in [-0.1, -0.05) is 20.8 Å². The summed E-state index contributed by atoms with van der Waals surface area (Å²) in [5.74, 6) is 0.947. The molecule has 0 aliphatic heterocycles. The monoisotopic (exact) mass is 275 g/mol. The number of nitrogen functional groups attached to an aromatic ring is 1. The first kappa shape index (κ1) is 14.8. The second-order valence-electron chi connectivity index (χ2n) is 6.82. The van der Waals surface area contributed by atoms with E-state index in [-0.39, 0.29) is 11.9 Å². The highest BCUT2D eigenvalue weighted by molar-refractivity contribution is 5.98. The molecule has 0 atom stereocenters. The lowest BCUT2D eigenvalue weighted by Crippen LogP contribution is -2.39. The lowest BCUT2D eigenvalue weighted by atomic mass is 9.71. The Hall–Kier alpha value is -1.58. The molecule has 3 N–H and O–H groups in total. The van der Waals surface area contributed by atoms with Crippen molar-refractivity contribution in [3.8, 4) is 0 Å². The molecular formula is C16H25N3O. The molecule has 1 heterocycles. The molecule has 1 saturated carbocycles. The highest BCUT2D eigenvalue weighted by Crippen LogP contribution is 2.37. The Morgan fingerprint density at radius 3 is 2.50 bits per heavy atom. The first-order chi connectivity index (χ1) is 9.38. The molecular weight excluding hydrogens is 250 g/mol. The smallest absolute Gasteiger partial charge is 0.255 e. The van der Waals surface area contributed by atoms with Crippen molar-refractivity contribution in [1.29, 1.82) is 0 Å². The van der Waals surface area contributed by atoms with Crippen molar-refractivity contribution in [3.05, 3.63) is 23.9 Å². The Morgan fingerprint density at radius 2 is 1.95 bits per heavy atom. The van der Waals surface area contributed by atoms with Crippen LogP contribution >= 0.6 is 0 Å². The maximum atomic E-state index is 12.2. The quantitative estimate of drug-likeness (QED) is 0.871. The Kier molecular flexibility index (Phi) is 4.31. The van der Waals surface area contributed by atoms with Gasteiger partial charge in [0.25, 0.3) is 5.91 Å². The van der Waals surface area contributed by atoms with Crippen molar-refractivity contribution in [3.63, 3.8) is 0 Å². The Bertz CT molecular complexity index is 471. The number of anilines is 1. The number of carbonyl (C=O) groups is 1. The summed E-state index contributed by atoms with van der Waals surface area (Å²) >= 11 is 0. The average molecular weight is 275 g/mol. The average Bonchev–Trinajstić information content (AvgIpc) is 2.38. The van der Waals surface area contributed by atoms with Crippen LogP contribution in [0, 0.1) is 11.3 Å². The Morgan fingerprint density at radius 1 is 1.30 bits per heavy atom. The minimum Gasteiger partial charge on any atom is -0.383 e. The minimum atomic E-state index is -0.102. The van der Waals surface area contributed by atoms with Crippen LogP contribution in [0.5, 0.6) is 0 Å². The van der Waals surface area contributed by atoms with E-state index in [4.69, 9.17) is 5.73 Å². The van der Waals surface area contributed by atoms with Crippen LogP contribution in [-0.2, 0) is 0 Å². The van der Waals surface area contributed by atoms with Gasteiger partial charge in [0.05, 0.1) is 5.56 Å². The van der Waals surface area contributed by atoms with Gasteiger partial charge in [0.1, 0.15) is 5.82 Å². The van der Waals surface area contributed by atoms with Gasteiger partial charge in [-0.25, -0.2) is 4.98 Å². The lowest BCUT2D eigenvalue weighted by Gasteiger charge is -2.37. The van der Waals surface area contributed by atoms with Crippen LogP contribution in [0.15, 0.2) is 18.3 Å². The first-order valence-electron chi connectivity index (χ1n) is 7.39. The maximum absolute atomic E-state index is 12.2. The zero-order valence-corrected chi connectivity index (χ0v) is 12.6. The molecule has 1 aromatic heterocycles. The second-order valence-corrected chi connectivity index (χ2v) is 6.82. The van der Waals surface area contributed by atoms with Crippen LogP contribution in [0.25, 0.3) is 0 Å². The van der Waals surface area contributed by atoms with E-state index in [9.17, 15) is 4.79 Å². The number of nitrogens with two attached hydrogens (primary N) is 1. The maximum Gasteiger partial charge on any atom is 0.255 e. The van der Waals surface area contributed by atoms with Gasteiger partial charge in [-0.15, -0.1) is 0 Å². The second kappa shape index (κ2) is 5.81. The fourth-order valence-corrected chi connectivity index (χ4v) is 2.98. The van der Waals surface area contributed by atoms with Gasteiger partial charge in [-0.05, 0) is 49.1 Å². The Balaban J connectivity index is 1.90. The molecule has 110 valence electrons. The van der Waals surface area contributed by atoms with Crippen LogP contribution < -0.4 is 11.1 Å². The highest BCUT2D eigenvalue weighted by atomic mass is 16.1. The fraction of sp³-hybridized carbons (Fsp3) is 0.625. The Labute approximate surface area is 121 Å². The number of carbonyl (C=O) groups excluding carboxylic acids is 1. The zero-order chi connectivity index (χ0) is 14.8. The number of aromatic nitrogens is 1. The molecule has 1 aliphatic rings. The van der Waals surface area contributed by atoms with E-state index in [1.54, 1.807) is 18.3 Å². The molecule has 20 heavy (non-hydrogen) atoms. The largest absolute Gasteiger partial charge is 0.383 e. The number of hydrogen-bond donors (Lipinski definition) is 2. The molecule has 0 aromatic carbocycles. The van der Waals surface area contributed by atoms with Crippen molar-refractivity contribution >= 4 is 11.7 Å². The third kappa shape index (κ3) is 3.50. The molecule has 0 unspecified atom stereocenters. The standard InChI is InChI=1S/C16H25N3O/c1-16(2,3)11-6-8-12(9-7-11)19-15(20)13-5-4-10-18-14(13)17/h4-5,10-12H,6-9H2,1-3H3,(H2,17,18)(H,19,20). The topological polar surface area (TPSA) is 68.0 Å². The summed E-state index contributed by atoms with van der Waals surface area (Å²) < 4.78 is 0. The van der Waals surface area contributed by atoms with Crippen LogP contribution in [-0.4, -0.2) is 16.9 Å². The fourth-order valence-electron chi connectivity index (χ4n) is 2.98. The zero-order valence-electron chi connectivity index (χ0n) is 12.6. The molecule has 4 nitrogen and oxygen atoms in total. The molecule has 2 rings (SSSR count). The molecule has 0 saturated heterocycles. The van der Waals surface area contributed by atoms with Gasteiger partial charge in [0.15, 0.2) is 0 Å². The molecule has 0 spiro atoms. The third-order valence-corrected chi connectivity index (χ3v) is 4.37. The van der Waals surface area contributed by atoms with Crippen molar-refractivity contribution < 1.29 is 4.79 Å². The van der Waals surface area contributed by atoms with Crippen LogP contribution in [0.4, 0.5) is 5.82 Å². The number of pyridine rings is 1. The molecule has 1 aromatic rings. The first-order valence-corrected chi connectivity index (χ1v) is 7.39. The van der Waals surface area contributed by atoms with Crippen molar-refractivity contribution in [2.75, 3.05) is 5.73 Å². The van der Waals surface area contributed by atoms with Crippen molar-refractivity contribution in [2.24, 2.45) is 11.3 Å². The van der Waals surface area contributed by atoms with Gasteiger partial charge in [-0.2, -0.15) is 0 Å². The van der Waals surface area contributed by atoms with Crippen LogP contribution in [0.2, 0.25) is 0 Å². The summed E-state index contributed by atoms with van der Waals surface area (Å²) in [6, 6.07) is 3.72. The van der Waals surface area contributed by atoms with E-state index in [1.807, 2.05) is 0 Å². The number of nitrogens with one attached hydrogen (secondary N) is 1. The number of hydrogen-bond acceptors (Lipinski definition) is 3. The van der Waals surface area contributed by atoms with Crippen LogP contribution in [0.1, 0.15) is 56.8 Å². The molecule has 0 bridgehead atoms. The van der Waals surface area contributed by atoms with E-state index in [1.165, 1.54) is 12.8 Å². The van der Waals surface area contributed by atoms with Crippen LogP contribution in [0.3, 0.4) is 0 Å². The van der Waals surface area contributed by atoms with Crippen molar-refractivity contribution in [1.82, 2.24) is 10.3 Å². The van der Waals surface area contributed by atoms with Gasteiger partial charge < -0.3 is 11.1 Å². The molecule has 1 fully saturated rings. The van der Waals surface area contributed by atoms with E-state index < -0.39 is 0 Å². The molecule has 1 amide bonds. The predicted molar refractivity (Wildman–Crippen MR) is 81.3 cm³/mol. The van der Waals surface area contributed by atoms with Crippen molar-refractivity contribution in [2.45, 2.75) is 52.5 Å². The van der Waals surface area contributed by atoms with E-state index in [2.05, 4.69) is 31.1 Å². The summed E-state index contributed by atoms with van der Waals surface area (Å²) in [7, 11) is 0. The summed E-state index contributed by atoms with van der Waals surface area (Å²) in [6.45, 7) is 6.90. The number of rotatable bonds is 2.